The van der Waals surface area contributed by atoms with Gasteiger partial charge in [-0.3, -0.25) is 4.79 Å². The van der Waals surface area contributed by atoms with Gasteiger partial charge in [-0.05, 0) is 56.1 Å². The van der Waals surface area contributed by atoms with Gasteiger partial charge in [-0.1, -0.05) is 4.98 Å². The molecule has 1 amide bonds. The molecule has 168 valence electrons. The number of amides is 1. The van der Waals surface area contributed by atoms with Gasteiger partial charge in [0.1, 0.15) is 5.00 Å². The summed E-state index contributed by atoms with van der Waals surface area (Å²) in [5.74, 6) is -1.42. The van der Waals surface area contributed by atoms with Crippen molar-refractivity contribution in [3.63, 3.8) is 0 Å². The van der Waals surface area contributed by atoms with Crippen LogP contribution in [0.2, 0.25) is 0 Å². The number of nitrogens with zero attached hydrogens (tertiary/aromatic N) is 6. The molecule has 12 nitrogen and oxygen atoms in total. The molecule has 4 rings (SSSR count). The second-order valence-electron chi connectivity index (χ2n) is 7.55. The lowest BCUT2D eigenvalue weighted by Gasteiger charge is -2.14. The van der Waals surface area contributed by atoms with E-state index in [9.17, 15) is 19.7 Å². The number of ether oxygens (including phenoxy) is 1. The first-order valence-electron chi connectivity index (χ1n) is 10.1. The van der Waals surface area contributed by atoms with Gasteiger partial charge in [0.25, 0.3) is 5.91 Å². The minimum absolute atomic E-state index is 0.0490. The predicted octanol–water partition coefficient (Wildman–Crippen LogP) is 2.65. The number of anilines is 1. The van der Waals surface area contributed by atoms with E-state index in [2.05, 4.69) is 20.5 Å². The molecule has 0 bridgehead atoms. The molecule has 0 saturated heterocycles. The van der Waals surface area contributed by atoms with Crippen molar-refractivity contribution in [1.29, 1.82) is 0 Å². The first-order valence-corrected chi connectivity index (χ1v) is 10.9. The Labute approximate surface area is 186 Å². The van der Waals surface area contributed by atoms with Crippen LogP contribution in [-0.2, 0) is 24.2 Å². The molecule has 0 aliphatic heterocycles. The van der Waals surface area contributed by atoms with E-state index in [0.29, 0.717) is 10.6 Å². The maximum absolute atomic E-state index is 12.8. The average molecular weight is 459 g/mol. The highest BCUT2D eigenvalue weighted by Gasteiger charge is 2.28. The number of aromatic nitrogens is 5. The second-order valence-corrected chi connectivity index (χ2v) is 8.65. The van der Waals surface area contributed by atoms with Crippen molar-refractivity contribution in [3.8, 4) is 0 Å². The Morgan fingerprint density at radius 2 is 2.06 bits per heavy atom. The summed E-state index contributed by atoms with van der Waals surface area (Å²) >= 11 is 1.40. The second kappa shape index (κ2) is 8.86. The normalized spacial score (nSPS) is 13.1. The van der Waals surface area contributed by atoms with Crippen LogP contribution < -0.4 is 5.32 Å². The zero-order valence-electron chi connectivity index (χ0n) is 17.5. The van der Waals surface area contributed by atoms with E-state index in [1.165, 1.54) is 33.1 Å². The first-order chi connectivity index (χ1) is 15.3. The molecule has 0 fully saturated rings. The van der Waals surface area contributed by atoms with E-state index in [1.807, 2.05) is 0 Å². The van der Waals surface area contributed by atoms with Crippen molar-refractivity contribution in [2.24, 2.45) is 0 Å². The van der Waals surface area contributed by atoms with Crippen molar-refractivity contribution in [2.45, 2.75) is 52.3 Å². The van der Waals surface area contributed by atoms with Gasteiger partial charge in [0.05, 0.1) is 11.7 Å². The van der Waals surface area contributed by atoms with Crippen LogP contribution >= 0.6 is 11.3 Å². The summed E-state index contributed by atoms with van der Waals surface area (Å²) in [7, 11) is 0. The minimum atomic E-state index is -0.693. The lowest BCUT2D eigenvalue weighted by molar-refractivity contribution is -0.394. The monoisotopic (exact) mass is 459 g/mol. The molecule has 32 heavy (non-hydrogen) atoms. The standard InChI is InChI=1S/C19H21N7O5S/c1-11(2)31-18(28)15-12-5-3-4-6-14(12)32-17(15)21-16(27)13-7-8-24(22-13)10-25-9-20-19(23-25)26(29)30/h7-9,11H,3-6,10H2,1-2H3,(H,21,27). The fraction of sp³-hybridized carbons (Fsp3) is 0.421. The quantitative estimate of drug-likeness (QED) is 0.322. The molecule has 3 heterocycles. The Morgan fingerprint density at radius 3 is 2.78 bits per heavy atom. The van der Waals surface area contributed by atoms with Gasteiger partial charge in [0, 0.05) is 16.2 Å². The molecular weight excluding hydrogens is 438 g/mol. The van der Waals surface area contributed by atoms with E-state index in [4.69, 9.17) is 4.74 Å². The minimum Gasteiger partial charge on any atom is -0.459 e. The molecular formula is C19H21N7O5S. The molecule has 3 aromatic rings. The maximum atomic E-state index is 12.8. The van der Waals surface area contributed by atoms with Crippen LogP contribution in [0.1, 0.15) is 58.0 Å². The van der Waals surface area contributed by atoms with E-state index >= 15 is 0 Å². The van der Waals surface area contributed by atoms with Gasteiger partial charge >= 0.3 is 11.9 Å². The van der Waals surface area contributed by atoms with Crippen molar-refractivity contribution < 1.29 is 19.2 Å². The van der Waals surface area contributed by atoms with Crippen LogP contribution in [0, 0.1) is 10.1 Å². The van der Waals surface area contributed by atoms with Crippen LogP contribution in [0.25, 0.3) is 0 Å². The smallest absolute Gasteiger partial charge is 0.459 e. The van der Waals surface area contributed by atoms with Gasteiger partial charge in [-0.2, -0.15) is 9.78 Å². The molecule has 13 heteroatoms. The number of hydrogen-bond donors (Lipinski definition) is 1. The topological polar surface area (TPSA) is 147 Å². The van der Waals surface area contributed by atoms with Gasteiger partial charge in [-0.25, -0.2) is 9.48 Å². The fourth-order valence-corrected chi connectivity index (χ4v) is 4.73. The Balaban J connectivity index is 1.52. The van der Waals surface area contributed by atoms with Crippen molar-refractivity contribution in [1.82, 2.24) is 24.5 Å². The summed E-state index contributed by atoms with van der Waals surface area (Å²) in [5.41, 5.74) is 1.52. The fourth-order valence-electron chi connectivity index (χ4n) is 3.46. The number of aryl methyl sites for hydroxylation is 1. The lowest BCUT2D eigenvalue weighted by Crippen LogP contribution is -2.18. The van der Waals surface area contributed by atoms with Crippen LogP contribution in [0.4, 0.5) is 10.9 Å². The van der Waals surface area contributed by atoms with Crippen LogP contribution in [0.5, 0.6) is 0 Å². The highest BCUT2D eigenvalue weighted by molar-refractivity contribution is 7.17. The van der Waals surface area contributed by atoms with Crippen LogP contribution in [0.15, 0.2) is 18.6 Å². The van der Waals surface area contributed by atoms with Gasteiger partial charge in [0.15, 0.2) is 12.4 Å². The number of nitrogens with one attached hydrogen (secondary N) is 1. The van der Waals surface area contributed by atoms with Gasteiger partial charge in [0.2, 0.25) is 6.33 Å². The van der Waals surface area contributed by atoms with Gasteiger partial charge < -0.3 is 20.2 Å². The largest absolute Gasteiger partial charge is 0.491 e. The highest BCUT2D eigenvalue weighted by Crippen LogP contribution is 2.39. The summed E-state index contributed by atoms with van der Waals surface area (Å²) in [5, 5.41) is 21.9. The van der Waals surface area contributed by atoms with Crippen molar-refractivity contribution >= 4 is 34.2 Å². The molecule has 3 aromatic heterocycles. The molecule has 1 aliphatic rings. The zero-order valence-corrected chi connectivity index (χ0v) is 18.3. The summed E-state index contributed by atoms with van der Waals surface area (Å²) in [6.07, 6.45) is 6.18. The molecule has 1 N–H and O–H groups in total. The van der Waals surface area contributed by atoms with Crippen LogP contribution in [-0.4, -0.2) is 47.4 Å². The Morgan fingerprint density at radius 1 is 1.28 bits per heavy atom. The van der Waals surface area contributed by atoms with E-state index in [-0.39, 0.29) is 18.5 Å². The molecule has 0 atom stereocenters. The number of fused-ring (bicyclic) bond motifs is 1. The van der Waals surface area contributed by atoms with E-state index in [1.54, 1.807) is 20.0 Å². The molecule has 0 unspecified atom stereocenters. The lowest BCUT2D eigenvalue weighted by atomic mass is 9.95. The molecule has 1 aliphatic carbocycles. The highest BCUT2D eigenvalue weighted by atomic mass is 32.1. The summed E-state index contributed by atoms with van der Waals surface area (Å²) in [6.45, 7) is 3.62. The average Bonchev–Trinajstić information content (AvgIpc) is 3.45. The zero-order chi connectivity index (χ0) is 22.8. The first kappa shape index (κ1) is 21.6. The van der Waals surface area contributed by atoms with Crippen molar-refractivity contribution in [2.75, 3.05) is 5.32 Å². The summed E-state index contributed by atoms with van der Waals surface area (Å²) < 4.78 is 8.05. The Hall–Kier alpha value is -3.61. The summed E-state index contributed by atoms with van der Waals surface area (Å²) in [6, 6.07) is 1.51. The number of carbonyl (C=O) groups is 2. The van der Waals surface area contributed by atoms with E-state index in [0.717, 1.165) is 36.1 Å². The van der Waals surface area contributed by atoms with Gasteiger partial charge in [-0.15, -0.1) is 11.3 Å². The third-order valence-electron chi connectivity index (χ3n) is 4.80. The molecule has 0 saturated carbocycles. The third kappa shape index (κ3) is 4.51. The number of carbonyl (C=O) groups excluding carboxylic acids is 2. The molecule has 0 radical (unpaired) electrons. The molecule has 0 aromatic carbocycles. The van der Waals surface area contributed by atoms with Crippen LogP contribution in [0.3, 0.4) is 0 Å². The van der Waals surface area contributed by atoms with Crippen molar-refractivity contribution in [3.05, 3.63) is 50.4 Å². The SMILES string of the molecule is CC(C)OC(=O)c1c(NC(=O)c2ccn(Cn3cnc([N+](=O)[O-])n3)n2)sc2c1CCCC2. The third-order valence-corrected chi connectivity index (χ3v) is 6.00. The summed E-state index contributed by atoms with van der Waals surface area (Å²) in [4.78, 5) is 40.2. The predicted molar refractivity (Wildman–Crippen MR) is 114 cm³/mol. The Bertz CT molecular complexity index is 1180. The molecule has 0 spiro atoms. The number of rotatable bonds is 7. The number of hydrogen-bond acceptors (Lipinski definition) is 9. The number of nitro groups is 1. The number of esters is 1. The number of thiophene rings is 1. The Kier molecular flexibility index (Phi) is 5.99. The van der Waals surface area contributed by atoms with E-state index < -0.39 is 22.7 Å². The maximum Gasteiger partial charge on any atom is 0.491 e.